The van der Waals surface area contributed by atoms with Crippen LogP contribution in [-0.2, 0) is 0 Å². The van der Waals surface area contributed by atoms with Crippen LogP contribution in [0.2, 0.25) is 0 Å². The number of hydrogen-bond donors (Lipinski definition) is 0. The van der Waals surface area contributed by atoms with E-state index >= 15 is 0 Å². The third-order valence-electron chi connectivity index (χ3n) is 8.16. The monoisotopic (exact) mass is 565 g/mol. The zero-order chi connectivity index (χ0) is 29.0. The number of aromatic nitrogens is 3. The minimum atomic E-state index is 0.537. The summed E-state index contributed by atoms with van der Waals surface area (Å²) in [6.45, 7) is 0. The maximum atomic E-state index is 6.51. The van der Waals surface area contributed by atoms with E-state index in [-0.39, 0.29) is 0 Å². The van der Waals surface area contributed by atoms with Crippen LogP contribution in [0.4, 0.5) is 0 Å². The van der Waals surface area contributed by atoms with Gasteiger partial charge in [0.15, 0.2) is 17.5 Å². The molecule has 0 saturated carbocycles. The second-order valence-corrected chi connectivity index (χ2v) is 10.8. The number of nitrogens with zero attached hydrogens (tertiary/aromatic N) is 3. The van der Waals surface area contributed by atoms with Crippen molar-refractivity contribution in [3.8, 4) is 45.3 Å². The molecule has 0 amide bonds. The number of para-hydroxylation sites is 3. The van der Waals surface area contributed by atoms with E-state index in [2.05, 4.69) is 54.6 Å². The zero-order valence-corrected chi connectivity index (χ0v) is 23.4. The molecule has 0 fully saturated rings. The normalized spacial score (nSPS) is 11.6. The van der Waals surface area contributed by atoms with E-state index in [0.717, 1.165) is 71.7 Å². The van der Waals surface area contributed by atoms with Crippen molar-refractivity contribution in [2.75, 3.05) is 0 Å². The molecule has 0 bridgehead atoms. The lowest BCUT2D eigenvalue weighted by atomic mass is 10.0. The molecule has 0 saturated heterocycles. The van der Waals surface area contributed by atoms with E-state index in [0.29, 0.717) is 17.5 Å². The SMILES string of the molecule is c1ccc(-c2ccc3oc4c(-c5nc(-c6ccccc6)nc(-c6cccc7c6oc6ccccc67)n5)cccc4c3c2)cc1. The number of rotatable bonds is 4. The molecule has 0 radical (unpaired) electrons. The van der Waals surface area contributed by atoms with Crippen molar-refractivity contribution in [2.24, 2.45) is 0 Å². The second kappa shape index (κ2) is 9.75. The van der Waals surface area contributed by atoms with Gasteiger partial charge >= 0.3 is 0 Å². The molecule has 0 atom stereocenters. The third-order valence-corrected chi connectivity index (χ3v) is 8.16. The van der Waals surface area contributed by atoms with Gasteiger partial charge in [0.25, 0.3) is 0 Å². The van der Waals surface area contributed by atoms with Crippen LogP contribution in [0.15, 0.2) is 148 Å². The zero-order valence-electron chi connectivity index (χ0n) is 23.4. The Bertz CT molecular complexity index is 2500. The summed E-state index contributed by atoms with van der Waals surface area (Å²) < 4.78 is 12.9. The molecule has 44 heavy (non-hydrogen) atoms. The first-order chi connectivity index (χ1) is 21.8. The first-order valence-electron chi connectivity index (χ1n) is 14.5. The average Bonchev–Trinajstić information content (AvgIpc) is 3.67. The Balaban J connectivity index is 1.28. The van der Waals surface area contributed by atoms with Crippen molar-refractivity contribution >= 4 is 43.9 Å². The topological polar surface area (TPSA) is 65.0 Å². The fourth-order valence-corrected chi connectivity index (χ4v) is 6.04. The minimum absolute atomic E-state index is 0.537. The Morgan fingerprint density at radius 3 is 1.55 bits per heavy atom. The Morgan fingerprint density at radius 2 is 0.864 bits per heavy atom. The van der Waals surface area contributed by atoms with E-state index < -0.39 is 0 Å². The van der Waals surface area contributed by atoms with Crippen LogP contribution in [0.1, 0.15) is 0 Å². The van der Waals surface area contributed by atoms with Gasteiger partial charge in [0.1, 0.15) is 22.3 Å². The van der Waals surface area contributed by atoms with Crippen molar-refractivity contribution in [3.05, 3.63) is 140 Å². The van der Waals surface area contributed by atoms with Crippen molar-refractivity contribution in [2.45, 2.75) is 0 Å². The van der Waals surface area contributed by atoms with E-state index in [4.69, 9.17) is 23.8 Å². The molecule has 9 rings (SSSR count). The fraction of sp³-hybridized carbons (Fsp3) is 0. The van der Waals surface area contributed by atoms with Crippen LogP contribution >= 0.6 is 0 Å². The summed E-state index contributed by atoms with van der Waals surface area (Å²) in [5.41, 5.74) is 7.95. The smallest absolute Gasteiger partial charge is 0.167 e. The predicted molar refractivity (Wildman–Crippen MR) is 176 cm³/mol. The summed E-state index contributed by atoms with van der Waals surface area (Å²) in [7, 11) is 0. The lowest BCUT2D eigenvalue weighted by Crippen LogP contribution is -2.00. The molecular weight excluding hydrogens is 542 g/mol. The molecule has 5 nitrogen and oxygen atoms in total. The molecule has 9 aromatic rings. The standard InChI is InChI=1S/C39H23N3O2/c1-3-11-24(12-4-1)26-21-22-34-32(23-26)29-17-10-19-31(36(29)44-34)39-41-37(25-13-5-2-6-14-25)40-38(42-39)30-18-9-16-28-27-15-7-8-20-33(27)43-35(28)30/h1-23H. The van der Waals surface area contributed by atoms with Crippen molar-refractivity contribution < 1.29 is 8.83 Å². The first-order valence-corrected chi connectivity index (χ1v) is 14.5. The maximum Gasteiger partial charge on any atom is 0.167 e. The number of benzene rings is 6. The second-order valence-electron chi connectivity index (χ2n) is 10.8. The predicted octanol–water partition coefficient (Wildman–Crippen LogP) is 10.3. The van der Waals surface area contributed by atoms with Gasteiger partial charge in [-0.15, -0.1) is 0 Å². The van der Waals surface area contributed by atoms with E-state index in [9.17, 15) is 0 Å². The molecule has 0 unspecified atom stereocenters. The van der Waals surface area contributed by atoms with Gasteiger partial charge in [0.2, 0.25) is 0 Å². The van der Waals surface area contributed by atoms with Gasteiger partial charge in [0, 0.05) is 27.1 Å². The summed E-state index contributed by atoms with van der Waals surface area (Å²) >= 11 is 0. The first kappa shape index (κ1) is 24.5. The van der Waals surface area contributed by atoms with Crippen LogP contribution in [0.5, 0.6) is 0 Å². The highest BCUT2D eigenvalue weighted by Crippen LogP contribution is 2.39. The summed E-state index contributed by atoms with van der Waals surface area (Å²) in [6.07, 6.45) is 0. The van der Waals surface area contributed by atoms with Gasteiger partial charge < -0.3 is 8.83 Å². The van der Waals surface area contributed by atoms with Gasteiger partial charge in [-0.3, -0.25) is 0 Å². The number of furan rings is 2. The maximum absolute atomic E-state index is 6.51. The lowest BCUT2D eigenvalue weighted by Gasteiger charge is -2.09. The van der Waals surface area contributed by atoms with Gasteiger partial charge in [-0.25, -0.2) is 15.0 Å². The average molecular weight is 566 g/mol. The Kier molecular flexibility index (Phi) is 5.43. The largest absolute Gasteiger partial charge is 0.455 e. The Morgan fingerprint density at radius 1 is 0.341 bits per heavy atom. The van der Waals surface area contributed by atoms with Gasteiger partial charge in [-0.2, -0.15) is 0 Å². The lowest BCUT2D eigenvalue weighted by molar-refractivity contribution is 0.669. The molecule has 206 valence electrons. The number of fused-ring (bicyclic) bond motifs is 6. The summed E-state index contributed by atoms with van der Waals surface area (Å²) in [5.74, 6) is 1.66. The highest BCUT2D eigenvalue weighted by molar-refractivity contribution is 6.11. The number of hydrogen-bond acceptors (Lipinski definition) is 5. The molecule has 0 aliphatic heterocycles. The molecule has 6 aromatic carbocycles. The van der Waals surface area contributed by atoms with E-state index in [1.165, 1.54) is 0 Å². The van der Waals surface area contributed by atoms with Crippen LogP contribution in [0.25, 0.3) is 89.2 Å². The molecule has 0 spiro atoms. The molecule has 0 aliphatic rings. The third kappa shape index (κ3) is 3.91. The quantitative estimate of drug-likeness (QED) is 0.212. The van der Waals surface area contributed by atoms with Crippen LogP contribution in [0.3, 0.4) is 0 Å². The van der Waals surface area contributed by atoms with E-state index in [1.807, 2.05) is 84.9 Å². The Hall–Kier alpha value is -6.07. The van der Waals surface area contributed by atoms with Crippen LogP contribution < -0.4 is 0 Å². The molecule has 0 aliphatic carbocycles. The Labute approximate surface area is 252 Å². The van der Waals surface area contributed by atoms with Gasteiger partial charge in [-0.05, 0) is 41.5 Å². The van der Waals surface area contributed by atoms with Gasteiger partial charge in [-0.1, -0.05) is 109 Å². The molecule has 5 heteroatoms. The van der Waals surface area contributed by atoms with Crippen molar-refractivity contribution in [1.82, 2.24) is 15.0 Å². The van der Waals surface area contributed by atoms with Crippen molar-refractivity contribution in [1.29, 1.82) is 0 Å². The minimum Gasteiger partial charge on any atom is -0.455 e. The molecular formula is C39H23N3O2. The molecule has 0 N–H and O–H groups in total. The van der Waals surface area contributed by atoms with Gasteiger partial charge in [0.05, 0.1) is 11.1 Å². The fourth-order valence-electron chi connectivity index (χ4n) is 6.04. The molecule has 3 aromatic heterocycles. The van der Waals surface area contributed by atoms with Crippen LogP contribution in [-0.4, -0.2) is 15.0 Å². The van der Waals surface area contributed by atoms with Crippen molar-refractivity contribution in [3.63, 3.8) is 0 Å². The molecule has 3 heterocycles. The van der Waals surface area contributed by atoms with E-state index in [1.54, 1.807) is 0 Å². The summed E-state index contributed by atoms with van der Waals surface area (Å²) in [5, 5.41) is 4.14. The summed E-state index contributed by atoms with van der Waals surface area (Å²) in [4.78, 5) is 15.0. The summed E-state index contributed by atoms with van der Waals surface area (Å²) in [6, 6.07) is 47.0. The highest BCUT2D eigenvalue weighted by atomic mass is 16.3. The van der Waals surface area contributed by atoms with Crippen LogP contribution in [0, 0.1) is 0 Å². The highest BCUT2D eigenvalue weighted by Gasteiger charge is 2.20.